The second-order valence-electron chi connectivity index (χ2n) is 9.22. The molecule has 8 heteroatoms. The minimum absolute atomic E-state index is 0.159. The summed E-state index contributed by atoms with van der Waals surface area (Å²) in [4.78, 5) is 8.52. The van der Waals surface area contributed by atoms with Crippen molar-refractivity contribution in [1.29, 1.82) is 0 Å². The maximum Gasteiger partial charge on any atom is 0.150 e. The Morgan fingerprint density at radius 1 is 1.16 bits per heavy atom. The van der Waals surface area contributed by atoms with Crippen LogP contribution in [0, 0.1) is 11.7 Å². The molecule has 38 heavy (non-hydrogen) atoms. The molecule has 1 atom stereocenters. The van der Waals surface area contributed by atoms with Gasteiger partial charge in [0.15, 0.2) is 5.83 Å². The molecular weight excluding hydrogens is 507 g/mol. The minimum atomic E-state index is -0.495. The number of halogens is 3. The summed E-state index contributed by atoms with van der Waals surface area (Å²) in [5.41, 5.74) is 8.59. The Hall–Kier alpha value is -2.32. The standard InChI is InChI=1S/C24H29F2N3OS.C5H12.CH3F/c1-16(27)24(31-2)5-3-4-19-10-17(7-9-21(19)25)11-22(26)23-13-28-20(12-29-23)8-6-18-14-30-15-18;1-3-5-4-2;1-2/h7,9-13,18,24H,1,3-6,8,14-15,27H2,2H3;3-5H2,1-2H3;1H3/b22-11-;;. The zero-order chi connectivity index (χ0) is 28.3. The largest absolute Gasteiger partial charge is 0.402 e. The van der Waals surface area contributed by atoms with Gasteiger partial charge in [-0.15, -0.1) is 0 Å². The van der Waals surface area contributed by atoms with Crippen molar-refractivity contribution in [3.05, 3.63) is 71.2 Å². The van der Waals surface area contributed by atoms with Crippen molar-refractivity contribution in [2.24, 2.45) is 11.7 Å². The van der Waals surface area contributed by atoms with Gasteiger partial charge in [0.1, 0.15) is 11.5 Å². The summed E-state index contributed by atoms with van der Waals surface area (Å²) < 4.78 is 43.6. The maximum atomic E-state index is 14.7. The first-order chi connectivity index (χ1) is 18.4. The number of nitrogens with zero attached hydrogens (tertiary/aromatic N) is 2. The summed E-state index contributed by atoms with van der Waals surface area (Å²) in [5, 5.41) is 0.159. The number of thioether (sulfide) groups is 1. The number of nitrogens with two attached hydrogens (primary N) is 1. The first-order valence-corrected chi connectivity index (χ1v) is 14.6. The third kappa shape index (κ3) is 12.5. The summed E-state index contributed by atoms with van der Waals surface area (Å²) in [5.74, 6) is -0.191. The van der Waals surface area contributed by atoms with Crippen LogP contribution >= 0.6 is 11.8 Å². The second kappa shape index (κ2) is 19.7. The van der Waals surface area contributed by atoms with E-state index >= 15 is 0 Å². The Labute approximate surface area is 231 Å². The van der Waals surface area contributed by atoms with Crippen molar-refractivity contribution in [1.82, 2.24) is 9.97 Å². The Bertz CT molecular complexity index is 964. The van der Waals surface area contributed by atoms with Gasteiger partial charge in [-0.05, 0) is 67.7 Å². The minimum Gasteiger partial charge on any atom is -0.402 e. The van der Waals surface area contributed by atoms with Gasteiger partial charge in [-0.1, -0.05) is 45.8 Å². The van der Waals surface area contributed by atoms with Gasteiger partial charge in [0, 0.05) is 23.1 Å². The van der Waals surface area contributed by atoms with Crippen LogP contribution in [0.15, 0.2) is 42.9 Å². The summed E-state index contributed by atoms with van der Waals surface area (Å²) >= 11 is 1.64. The Balaban J connectivity index is 0.000000924. The molecule has 1 aromatic carbocycles. The highest BCUT2D eigenvalue weighted by molar-refractivity contribution is 7.99. The summed E-state index contributed by atoms with van der Waals surface area (Å²) in [6.07, 6.45) is 14.4. The van der Waals surface area contributed by atoms with Crippen molar-refractivity contribution in [3.8, 4) is 0 Å². The van der Waals surface area contributed by atoms with Gasteiger partial charge in [0.25, 0.3) is 0 Å². The highest BCUT2D eigenvalue weighted by Crippen LogP contribution is 2.23. The third-order valence-electron chi connectivity index (χ3n) is 6.15. The SMILES string of the molecule is C=C(N)C(CCCc1cc(/C=C(\F)c2cnc(CCC3COC3)cn2)ccc1F)SC.CCCCC.CF. The van der Waals surface area contributed by atoms with Crippen LogP contribution in [-0.4, -0.2) is 41.9 Å². The molecule has 212 valence electrons. The summed E-state index contributed by atoms with van der Waals surface area (Å²) in [6.45, 7) is 9.83. The lowest BCUT2D eigenvalue weighted by Gasteiger charge is -2.25. The molecule has 0 saturated carbocycles. The van der Waals surface area contributed by atoms with Gasteiger partial charge in [0.2, 0.25) is 0 Å². The predicted octanol–water partition coefficient (Wildman–Crippen LogP) is 7.97. The average Bonchev–Trinajstić information content (AvgIpc) is 2.89. The average molecular weight is 552 g/mol. The topological polar surface area (TPSA) is 61.0 Å². The zero-order valence-electron chi connectivity index (χ0n) is 23.3. The highest BCUT2D eigenvalue weighted by atomic mass is 32.2. The fourth-order valence-electron chi connectivity index (χ4n) is 3.79. The van der Waals surface area contributed by atoms with Gasteiger partial charge in [0.05, 0.1) is 32.3 Å². The van der Waals surface area contributed by atoms with E-state index in [-0.39, 0.29) is 16.8 Å². The number of alkyl halides is 1. The van der Waals surface area contributed by atoms with Crippen LogP contribution in [0.2, 0.25) is 0 Å². The number of hydrogen-bond acceptors (Lipinski definition) is 5. The second-order valence-corrected chi connectivity index (χ2v) is 10.3. The van der Waals surface area contributed by atoms with Gasteiger partial charge < -0.3 is 10.5 Å². The van der Waals surface area contributed by atoms with Crippen molar-refractivity contribution >= 4 is 23.7 Å². The predicted molar refractivity (Wildman–Crippen MR) is 156 cm³/mol. The molecule has 2 aromatic rings. The quantitative estimate of drug-likeness (QED) is 0.274. The van der Waals surface area contributed by atoms with Crippen molar-refractivity contribution in [2.45, 2.75) is 70.5 Å². The zero-order valence-corrected chi connectivity index (χ0v) is 24.1. The maximum absolute atomic E-state index is 14.7. The van der Waals surface area contributed by atoms with Crippen molar-refractivity contribution < 1.29 is 17.9 Å². The number of rotatable bonds is 13. The van der Waals surface area contributed by atoms with Crippen LogP contribution in [0.5, 0.6) is 0 Å². The third-order valence-corrected chi connectivity index (χ3v) is 7.25. The molecular formula is C30H44F3N3OS. The fraction of sp³-hybridized carbons (Fsp3) is 0.533. The molecule has 0 aliphatic carbocycles. The number of aromatic nitrogens is 2. The van der Waals surface area contributed by atoms with Gasteiger partial charge in [-0.3, -0.25) is 14.4 Å². The molecule has 1 unspecified atom stereocenters. The van der Waals surface area contributed by atoms with Crippen molar-refractivity contribution in [2.75, 3.05) is 26.6 Å². The van der Waals surface area contributed by atoms with E-state index in [2.05, 4.69) is 30.4 Å². The van der Waals surface area contributed by atoms with Crippen LogP contribution < -0.4 is 5.73 Å². The van der Waals surface area contributed by atoms with E-state index < -0.39 is 5.83 Å². The lowest BCUT2D eigenvalue weighted by Crippen LogP contribution is -2.27. The molecule has 0 radical (unpaired) electrons. The van der Waals surface area contributed by atoms with Crippen LogP contribution in [0.1, 0.15) is 74.9 Å². The molecule has 2 N–H and O–H groups in total. The first kappa shape index (κ1) is 33.7. The van der Waals surface area contributed by atoms with E-state index in [9.17, 15) is 13.2 Å². The normalized spacial score (nSPS) is 13.9. The fourth-order valence-corrected chi connectivity index (χ4v) is 4.50. The molecule has 1 aliphatic heterocycles. The number of ether oxygens (including phenoxy) is 1. The van der Waals surface area contributed by atoms with E-state index in [1.54, 1.807) is 30.1 Å². The van der Waals surface area contributed by atoms with Crippen LogP contribution in [0.25, 0.3) is 11.9 Å². The number of benzene rings is 1. The number of aryl methyl sites for hydroxylation is 2. The van der Waals surface area contributed by atoms with E-state index in [1.165, 1.54) is 37.6 Å². The Morgan fingerprint density at radius 3 is 2.37 bits per heavy atom. The smallest absolute Gasteiger partial charge is 0.150 e. The molecule has 0 bridgehead atoms. The van der Waals surface area contributed by atoms with Crippen molar-refractivity contribution in [3.63, 3.8) is 0 Å². The Morgan fingerprint density at radius 2 is 1.87 bits per heavy atom. The number of unbranched alkanes of at least 4 members (excludes halogenated alkanes) is 2. The molecule has 1 fully saturated rings. The summed E-state index contributed by atoms with van der Waals surface area (Å²) in [6, 6.07) is 4.62. The molecule has 2 heterocycles. The molecule has 1 saturated heterocycles. The van der Waals surface area contributed by atoms with Gasteiger partial charge in [-0.2, -0.15) is 11.8 Å². The summed E-state index contributed by atoms with van der Waals surface area (Å²) in [7, 11) is 0.500. The van der Waals surface area contributed by atoms with E-state index in [1.807, 2.05) is 6.26 Å². The van der Waals surface area contributed by atoms with Gasteiger partial charge >= 0.3 is 0 Å². The van der Waals surface area contributed by atoms with Crippen LogP contribution in [0.4, 0.5) is 13.2 Å². The van der Waals surface area contributed by atoms with Gasteiger partial charge in [-0.25, -0.2) is 8.78 Å². The molecule has 0 amide bonds. The van der Waals surface area contributed by atoms with Crippen LogP contribution in [0.3, 0.4) is 0 Å². The van der Waals surface area contributed by atoms with E-state index in [0.29, 0.717) is 36.3 Å². The lowest BCUT2D eigenvalue weighted by atomic mass is 10.0. The Kier molecular flexibility index (Phi) is 17.5. The number of hydrogen-bond donors (Lipinski definition) is 1. The molecule has 1 aromatic heterocycles. The van der Waals surface area contributed by atoms with Crippen LogP contribution in [-0.2, 0) is 17.6 Å². The molecule has 3 rings (SSSR count). The molecule has 1 aliphatic rings. The van der Waals surface area contributed by atoms with E-state index in [4.69, 9.17) is 10.5 Å². The highest BCUT2D eigenvalue weighted by Gasteiger charge is 2.18. The monoisotopic (exact) mass is 551 g/mol. The molecule has 0 spiro atoms. The van der Waals surface area contributed by atoms with E-state index in [0.717, 1.165) is 44.6 Å². The molecule has 4 nitrogen and oxygen atoms in total. The first-order valence-electron chi connectivity index (χ1n) is 13.3. The lowest BCUT2D eigenvalue weighted by molar-refractivity contribution is -0.0353.